The second-order valence-electron chi connectivity index (χ2n) is 11.5. The van der Waals surface area contributed by atoms with Crippen LogP contribution in [0.2, 0.25) is 0 Å². The van der Waals surface area contributed by atoms with Crippen molar-refractivity contribution in [3.05, 3.63) is 92.0 Å². The zero-order chi connectivity index (χ0) is 40.0. The smallest absolute Gasteiger partial charge is 4.00 e. The van der Waals surface area contributed by atoms with Gasteiger partial charge in [-0.05, 0) is 25.2 Å². The van der Waals surface area contributed by atoms with Gasteiger partial charge < -0.3 is 77.6 Å². The standard InChI is InChI=1S/C10H18N2O2.2C7H11N.C5H9IO2.C4H8INO2.4CH3.2HI.H3NO.3Pt/c1-7-6-8(2-4-9(7)11)3-5-10(13)12-14;2*1-6-4-2-3-5-7(6)8;1-8-5(7)3-2-4-6;5-3-1-2-4(7)6-8;;;;;;;1-2;;;/h7-9,11,14H,1-6H2,(H,12,13);2*2-3,6-8H,1,4-5H2;2-4H2,1H3;8H,1-3H2,(H,6,7);4*1H3;2*1H;2H,1H2;;;/q3*-2;;;4*-1;;;;3*+4/p-2. The molecule has 350 valence electrons. The van der Waals surface area contributed by atoms with Gasteiger partial charge in [-0.25, -0.2) is 16.9 Å². The first-order valence-corrected chi connectivity index (χ1v) is 32.3. The number of hydroxylamine groups is 2. The van der Waals surface area contributed by atoms with Crippen LogP contribution in [-0.2, 0) is 72.5 Å². The molecule has 0 heterocycles. The van der Waals surface area contributed by atoms with Crippen molar-refractivity contribution in [3.8, 4) is 0 Å². The van der Waals surface area contributed by atoms with Gasteiger partial charge in [-0.3, -0.25) is 24.8 Å². The molecule has 0 saturated heterocycles. The number of halogens is 4. The van der Waals surface area contributed by atoms with E-state index >= 15 is 0 Å². The summed E-state index contributed by atoms with van der Waals surface area (Å²) in [6, 6.07) is 0.0814. The number of alkyl halides is 2. The average Bonchev–Trinajstić information content (AvgIpc) is 3.14. The van der Waals surface area contributed by atoms with Gasteiger partial charge in [-0.1, -0.05) is 114 Å². The van der Waals surface area contributed by atoms with Crippen LogP contribution in [0.4, 0.5) is 0 Å². The maximum absolute atomic E-state index is 10.8. The van der Waals surface area contributed by atoms with E-state index in [9.17, 15) is 14.4 Å². The predicted octanol–water partition coefficient (Wildman–Crippen LogP) is 11.3. The van der Waals surface area contributed by atoms with Crippen LogP contribution in [-0.4, -0.2) is 67.5 Å². The zero-order valence-electron chi connectivity index (χ0n) is 34.1. The molecule has 0 aromatic carbocycles. The van der Waals surface area contributed by atoms with Crippen molar-refractivity contribution in [2.24, 2.45) is 29.6 Å². The molecule has 0 spiro atoms. The molecular formula is C37H72I4N6O7Pt3. The number of hydrogen-bond donors (Lipinski definition) is 6. The number of methoxy groups -OCH3 is 1. The van der Waals surface area contributed by atoms with Gasteiger partial charge in [0.1, 0.15) is 0 Å². The number of nitrogens with one attached hydrogen (secondary N) is 5. The Morgan fingerprint density at radius 3 is 1.39 bits per heavy atom. The second kappa shape index (κ2) is 62.9. The van der Waals surface area contributed by atoms with E-state index in [2.05, 4.69) is 140 Å². The molecule has 1 fully saturated rings. The van der Waals surface area contributed by atoms with Crippen molar-refractivity contribution in [2.75, 3.05) is 16.0 Å². The summed E-state index contributed by atoms with van der Waals surface area (Å²) in [4.78, 5) is 31.3. The van der Waals surface area contributed by atoms with Crippen molar-refractivity contribution in [3.63, 3.8) is 0 Å². The van der Waals surface area contributed by atoms with E-state index in [4.69, 9.17) is 32.8 Å². The molecule has 2 amide bonds. The number of rotatable bonds is 9. The van der Waals surface area contributed by atoms with Crippen LogP contribution in [0.25, 0.3) is 17.2 Å². The molecule has 0 aromatic rings. The molecule has 7 unspecified atom stereocenters. The van der Waals surface area contributed by atoms with E-state index in [1.165, 1.54) is 7.11 Å². The molecule has 20 heteroatoms. The largest absolute Gasteiger partial charge is 4.00 e. The van der Waals surface area contributed by atoms with E-state index < -0.39 is 0 Å². The van der Waals surface area contributed by atoms with Gasteiger partial charge in [0.2, 0.25) is 11.8 Å². The fraction of sp³-hybridized carbons (Fsp3) is 0.622. The number of hydrogen-bond acceptors (Lipinski definition) is 8. The van der Waals surface area contributed by atoms with Gasteiger partial charge >= 0.3 is 98.0 Å². The maximum atomic E-state index is 10.8. The Morgan fingerprint density at radius 2 is 1.09 bits per heavy atom. The molecule has 1 saturated carbocycles. The van der Waals surface area contributed by atoms with Gasteiger partial charge in [0.15, 0.2) is 0 Å². The Morgan fingerprint density at radius 1 is 0.719 bits per heavy atom. The summed E-state index contributed by atoms with van der Waals surface area (Å²) in [5.74, 6) is 4.13. The molecule has 3 aliphatic carbocycles. The fourth-order valence-corrected chi connectivity index (χ4v) is 5.11. The third kappa shape index (κ3) is 58.6. The van der Waals surface area contributed by atoms with Crippen LogP contribution in [0.5, 0.6) is 0 Å². The van der Waals surface area contributed by atoms with Crippen LogP contribution in [0.3, 0.4) is 0 Å². The number of nitrogens with two attached hydrogens (primary N) is 1. The van der Waals surface area contributed by atoms with Gasteiger partial charge in [0.25, 0.3) is 0 Å². The van der Waals surface area contributed by atoms with Crippen molar-refractivity contribution in [1.82, 2.24) is 11.0 Å². The molecule has 0 radical (unpaired) electrons. The topological polar surface area (TPSA) is 243 Å². The molecule has 7 atom stereocenters. The summed E-state index contributed by atoms with van der Waals surface area (Å²) >= 11 is 9.70. The summed E-state index contributed by atoms with van der Waals surface area (Å²) in [7, 11) is 1.41. The zero-order valence-corrected chi connectivity index (χ0v) is 49.5. The molecule has 0 aliphatic heterocycles. The van der Waals surface area contributed by atoms with E-state index in [1.807, 2.05) is 0 Å². The first kappa shape index (κ1) is 83.2. The minimum atomic E-state index is -0.321. The van der Waals surface area contributed by atoms with Crippen LogP contribution >= 0.6 is 83.9 Å². The van der Waals surface area contributed by atoms with Crippen molar-refractivity contribution in [1.29, 1.82) is 0 Å². The van der Waals surface area contributed by atoms with E-state index in [-0.39, 0.29) is 114 Å². The molecule has 57 heavy (non-hydrogen) atoms. The monoisotopic (exact) mass is 1810 g/mol. The van der Waals surface area contributed by atoms with Gasteiger partial charge in [0, 0.05) is 28.1 Å². The summed E-state index contributed by atoms with van der Waals surface area (Å²) in [5, 5.41) is 22.8. The Hall–Kier alpha value is 2.59. The second-order valence-corrected chi connectivity index (χ2v) is 30.2. The summed E-state index contributed by atoms with van der Waals surface area (Å²) in [6.07, 6.45) is 18.9. The van der Waals surface area contributed by atoms with Crippen molar-refractivity contribution >= 4 is 102 Å². The molecular weight excluding hydrogens is 1730 g/mol. The van der Waals surface area contributed by atoms with Gasteiger partial charge in [-0.2, -0.15) is 35.9 Å². The van der Waals surface area contributed by atoms with Crippen LogP contribution in [0, 0.1) is 74.1 Å². The first-order chi connectivity index (χ1) is 24.3. The minimum absolute atomic E-state index is 0. The third-order valence-corrected chi connectivity index (χ3v) is 9.05. The van der Waals surface area contributed by atoms with Crippen LogP contribution < -0.4 is 16.9 Å². The summed E-state index contributed by atoms with van der Waals surface area (Å²) < 4.78 is 6.38. The molecule has 3 aliphatic rings. The Kier molecular flexibility index (Phi) is 91.8. The van der Waals surface area contributed by atoms with Gasteiger partial charge in [-0.15, -0.1) is 0 Å². The number of carbonyl (C=O) groups is 3. The number of carbonyl (C=O) groups excluding carboxylic acids is 3. The Labute approximate surface area is 434 Å². The van der Waals surface area contributed by atoms with Crippen LogP contribution in [0.15, 0.2) is 24.3 Å². The predicted molar refractivity (Wildman–Crippen MR) is 262 cm³/mol. The molecule has 3 rings (SSSR count). The molecule has 0 bridgehead atoms. The molecule has 0 aromatic heterocycles. The van der Waals surface area contributed by atoms with E-state index in [0.717, 1.165) is 73.1 Å². The quantitative estimate of drug-likeness (QED) is 0.0246. The fourth-order valence-electron chi connectivity index (χ4n) is 4.35. The van der Waals surface area contributed by atoms with Crippen molar-refractivity contribution < 1.29 is 88.1 Å². The summed E-state index contributed by atoms with van der Waals surface area (Å²) in [5.41, 5.74) is 25.6. The SMILES string of the molecule is COC(=O)CCCI.NO.O=C(CCCI)NO.[CH2-]C1CC(CCC(=O)NO)CCC1[NH-].[CH2-]C1CC=CCC1[NH-].[CH2-]C1CC=CCC1[NH-].[CH3-].[CH3-].[CH3-].[CH3-].[I][Pt+2][I].[Pt+4].[Pt+4]. The number of ether oxygens (including phenoxy) is 1. The van der Waals surface area contributed by atoms with Crippen molar-refractivity contribution in [2.45, 2.75) is 102 Å². The normalized spacial score (nSPS) is 21.6. The number of allylic oxidation sites excluding steroid dienone is 2. The number of amides is 2. The van der Waals surface area contributed by atoms with Gasteiger partial charge in [0.05, 0.1) is 7.11 Å². The molecule has 10 N–H and O–H groups in total. The maximum Gasteiger partial charge on any atom is 4.00 e. The Balaban J connectivity index is -0.0000000583. The number of esters is 1. The summed E-state index contributed by atoms with van der Waals surface area (Å²) in [6.45, 7) is 11.6. The molecule has 13 nitrogen and oxygen atoms in total. The van der Waals surface area contributed by atoms with E-state index in [1.54, 1.807) is 11.0 Å². The minimum Gasteiger partial charge on any atom is 4.00 e. The van der Waals surface area contributed by atoms with E-state index in [0.29, 0.717) is 48.2 Å². The Bertz CT molecular complexity index is 830. The first-order valence-electron chi connectivity index (χ1n) is 16.3. The third-order valence-electron chi connectivity index (χ3n) is 7.53. The van der Waals surface area contributed by atoms with Crippen LogP contribution in [0.1, 0.15) is 83.5 Å². The average molecular weight is 1810 g/mol.